The van der Waals surface area contributed by atoms with Crippen LogP contribution in [-0.4, -0.2) is 21.3 Å². The number of hydrogen-bond donors (Lipinski definition) is 1. The van der Waals surface area contributed by atoms with Crippen molar-refractivity contribution in [2.24, 2.45) is 7.05 Å². The van der Waals surface area contributed by atoms with E-state index in [2.05, 4.69) is 53.5 Å². The summed E-state index contributed by atoms with van der Waals surface area (Å²) in [4.78, 5) is 4.22. The van der Waals surface area contributed by atoms with Gasteiger partial charge in [0.15, 0.2) is 5.82 Å². The van der Waals surface area contributed by atoms with Gasteiger partial charge in [-0.3, -0.25) is 4.68 Å². The van der Waals surface area contributed by atoms with Crippen LogP contribution in [0.4, 0.5) is 0 Å². The van der Waals surface area contributed by atoms with Crippen molar-refractivity contribution in [3.8, 4) is 0 Å². The highest BCUT2D eigenvalue weighted by molar-refractivity contribution is 5.24. The Balaban J connectivity index is 1.81. The number of benzene rings is 1. The maximum absolute atomic E-state index is 4.27. The molecule has 0 saturated carbocycles. The first-order valence-corrected chi connectivity index (χ1v) is 6.85. The number of nitrogens with zero attached hydrogens (tertiary/aromatic N) is 3. The molecule has 1 aromatic heterocycles. The maximum Gasteiger partial charge on any atom is 0.151 e. The SMILES string of the molecule is CCc1ccc(C(C)NCCc2ncn(C)n2)cc1. The maximum atomic E-state index is 4.27. The minimum Gasteiger partial charge on any atom is -0.310 e. The first-order valence-electron chi connectivity index (χ1n) is 6.85. The van der Waals surface area contributed by atoms with E-state index in [0.717, 1.165) is 25.2 Å². The minimum absolute atomic E-state index is 0.356. The van der Waals surface area contributed by atoms with Gasteiger partial charge in [0.2, 0.25) is 0 Å². The molecule has 0 aliphatic carbocycles. The Labute approximate surface area is 114 Å². The van der Waals surface area contributed by atoms with E-state index in [9.17, 15) is 0 Å². The van der Waals surface area contributed by atoms with Crippen molar-refractivity contribution in [2.45, 2.75) is 32.7 Å². The molecule has 0 fully saturated rings. The Morgan fingerprint density at radius 1 is 1.26 bits per heavy atom. The number of aromatic nitrogens is 3. The molecule has 0 aliphatic rings. The van der Waals surface area contributed by atoms with E-state index in [1.165, 1.54) is 11.1 Å². The fraction of sp³-hybridized carbons (Fsp3) is 0.467. The van der Waals surface area contributed by atoms with Crippen LogP contribution in [0.1, 0.15) is 36.8 Å². The second kappa shape index (κ2) is 6.48. The molecule has 0 aliphatic heterocycles. The summed E-state index contributed by atoms with van der Waals surface area (Å²) in [6, 6.07) is 9.17. The zero-order chi connectivity index (χ0) is 13.7. The second-order valence-electron chi connectivity index (χ2n) is 4.86. The Hall–Kier alpha value is -1.68. The Morgan fingerprint density at radius 2 is 2.00 bits per heavy atom. The van der Waals surface area contributed by atoms with Crippen LogP contribution >= 0.6 is 0 Å². The lowest BCUT2D eigenvalue weighted by Gasteiger charge is -2.14. The summed E-state index contributed by atoms with van der Waals surface area (Å²) < 4.78 is 1.74. The number of aryl methyl sites for hydroxylation is 2. The summed E-state index contributed by atoms with van der Waals surface area (Å²) in [7, 11) is 1.89. The lowest BCUT2D eigenvalue weighted by molar-refractivity contribution is 0.568. The van der Waals surface area contributed by atoms with Gasteiger partial charge in [-0.15, -0.1) is 0 Å². The standard InChI is InChI=1S/C15H22N4/c1-4-13-5-7-14(8-6-13)12(2)16-10-9-15-17-11-19(3)18-15/h5-8,11-12,16H,4,9-10H2,1-3H3. The van der Waals surface area contributed by atoms with E-state index in [-0.39, 0.29) is 0 Å². The Morgan fingerprint density at radius 3 is 2.58 bits per heavy atom. The topological polar surface area (TPSA) is 42.7 Å². The average molecular weight is 258 g/mol. The molecule has 102 valence electrons. The fourth-order valence-electron chi connectivity index (χ4n) is 2.06. The molecule has 1 aromatic carbocycles. The highest BCUT2D eigenvalue weighted by Crippen LogP contribution is 2.13. The molecule has 0 saturated heterocycles. The molecule has 19 heavy (non-hydrogen) atoms. The van der Waals surface area contributed by atoms with Gasteiger partial charge in [-0.25, -0.2) is 4.98 Å². The van der Waals surface area contributed by atoms with Crippen LogP contribution in [0, 0.1) is 0 Å². The lowest BCUT2D eigenvalue weighted by Crippen LogP contribution is -2.21. The first kappa shape index (κ1) is 13.7. The third-order valence-corrected chi connectivity index (χ3v) is 3.33. The van der Waals surface area contributed by atoms with E-state index in [1.807, 2.05) is 7.05 Å². The molecule has 0 bridgehead atoms. The molecular weight excluding hydrogens is 236 g/mol. The number of nitrogens with one attached hydrogen (secondary N) is 1. The van der Waals surface area contributed by atoms with E-state index in [1.54, 1.807) is 11.0 Å². The van der Waals surface area contributed by atoms with E-state index in [0.29, 0.717) is 6.04 Å². The van der Waals surface area contributed by atoms with Crippen molar-refractivity contribution in [2.75, 3.05) is 6.54 Å². The molecule has 0 radical (unpaired) electrons. The molecule has 1 heterocycles. The van der Waals surface area contributed by atoms with Crippen molar-refractivity contribution in [3.63, 3.8) is 0 Å². The van der Waals surface area contributed by atoms with Crippen molar-refractivity contribution in [1.82, 2.24) is 20.1 Å². The summed E-state index contributed by atoms with van der Waals surface area (Å²) in [5.41, 5.74) is 2.71. The predicted octanol–water partition coefficient (Wildman–Crippen LogP) is 2.27. The van der Waals surface area contributed by atoms with Crippen molar-refractivity contribution in [1.29, 1.82) is 0 Å². The van der Waals surface area contributed by atoms with Gasteiger partial charge < -0.3 is 5.32 Å². The molecule has 2 aromatic rings. The van der Waals surface area contributed by atoms with Crippen LogP contribution in [0.5, 0.6) is 0 Å². The molecular formula is C15H22N4. The molecule has 2 rings (SSSR count). The summed E-state index contributed by atoms with van der Waals surface area (Å²) in [5, 5.41) is 7.77. The van der Waals surface area contributed by atoms with Gasteiger partial charge in [-0.05, 0) is 24.5 Å². The van der Waals surface area contributed by atoms with Crippen LogP contribution in [0.2, 0.25) is 0 Å². The second-order valence-corrected chi connectivity index (χ2v) is 4.86. The molecule has 4 heteroatoms. The van der Waals surface area contributed by atoms with Crippen LogP contribution in [0.15, 0.2) is 30.6 Å². The van der Waals surface area contributed by atoms with Gasteiger partial charge in [0.1, 0.15) is 6.33 Å². The third kappa shape index (κ3) is 3.89. The van der Waals surface area contributed by atoms with Crippen LogP contribution in [-0.2, 0) is 19.9 Å². The Bertz CT molecular complexity index is 501. The van der Waals surface area contributed by atoms with Crippen molar-refractivity contribution >= 4 is 0 Å². The summed E-state index contributed by atoms with van der Waals surface area (Å²) >= 11 is 0. The Kier molecular flexibility index (Phi) is 4.68. The van der Waals surface area contributed by atoms with Gasteiger partial charge in [-0.1, -0.05) is 31.2 Å². The average Bonchev–Trinajstić information content (AvgIpc) is 2.84. The van der Waals surface area contributed by atoms with Gasteiger partial charge >= 0.3 is 0 Å². The summed E-state index contributed by atoms with van der Waals surface area (Å²) in [6.07, 6.45) is 3.69. The van der Waals surface area contributed by atoms with Crippen LogP contribution in [0.3, 0.4) is 0 Å². The quantitative estimate of drug-likeness (QED) is 0.864. The van der Waals surface area contributed by atoms with Gasteiger partial charge in [0.25, 0.3) is 0 Å². The predicted molar refractivity (Wildman–Crippen MR) is 76.9 cm³/mol. The first-order chi connectivity index (χ1) is 9.19. The smallest absolute Gasteiger partial charge is 0.151 e. The normalized spacial score (nSPS) is 12.6. The summed E-state index contributed by atoms with van der Waals surface area (Å²) in [6.45, 7) is 5.25. The van der Waals surface area contributed by atoms with Crippen LogP contribution in [0.25, 0.3) is 0 Å². The molecule has 1 unspecified atom stereocenters. The molecule has 1 N–H and O–H groups in total. The third-order valence-electron chi connectivity index (χ3n) is 3.33. The number of hydrogen-bond acceptors (Lipinski definition) is 3. The van der Waals surface area contributed by atoms with E-state index < -0.39 is 0 Å². The van der Waals surface area contributed by atoms with E-state index >= 15 is 0 Å². The highest BCUT2D eigenvalue weighted by Gasteiger charge is 2.05. The molecule has 4 nitrogen and oxygen atoms in total. The zero-order valence-corrected chi connectivity index (χ0v) is 11.9. The molecule has 0 spiro atoms. The monoisotopic (exact) mass is 258 g/mol. The van der Waals surface area contributed by atoms with Crippen LogP contribution < -0.4 is 5.32 Å². The zero-order valence-electron chi connectivity index (χ0n) is 11.9. The lowest BCUT2D eigenvalue weighted by atomic mass is 10.0. The summed E-state index contributed by atoms with van der Waals surface area (Å²) in [5.74, 6) is 0.892. The largest absolute Gasteiger partial charge is 0.310 e. The number of rotatable bonds is 6. The highest BCUT2D eigenvalue weighted by atomic mass is 15.3. The molecule has 0 amide bonds. The van der Waals surface area contributed by atoms with Gasteiger partial charge in [-0.2, -0.15) is 5.10 Å². The van der Waals surface area contributed by atoms with Crippen molar-refractivity contribution in [3.05, 3.63) is 47.5 Å². The molecule has 1 atom stereocenters. The van der Waals surface area contributed by atoms with Crippen molar-refractivity contribution < 1.29 is 0 Å². The fourth-order valence-corrected chi connectivity index (χ4v) is 2.06. The van der Waals surface area contributed by atoms with Gasteiger partial charge in [0.05, 0.1) is 0 Å². The van der Waals surface area contributed by atoms with Gasteiger partial charge in [0, 0.05) is 26.1 Å². The van der Waals surface area contributed by atoms with E-state index in [4.69, 9.17) is 0 Å². The minimum atomic E-state index is 0.356.